The normalized spacial score (nSPS) is 12.9. The number of phenolic OH excluding ortho intramolecular Hbond substituents is 1. The second-order valence-electron chi connectivity index (χ2n) is 5.33. The number of nitrogens with zero attached hydrogens (tertiary/aromatic N) is 1. The summed E-state index contributed by atoms with van der Waals surface area (Å²) in [5, 5.41) is 15.6. The third-order valence-corrected chi connectivity index (χ3v) is 5.00. The summed E-state index contributed by atoms with van der Waals surface area (Å²) < 4.78 is 4.72. The van der Waals surface area contributed by atoms with Gasteiger partial charge in [-0.3, -0.25) is 4.79 Å². The number of fused-ring (bicyclic) bond motifs is 1. The number of thioether (sulfide) groups is 1. The molecular weight excluding hydrogens is 326 g/mol. The molecule has 0 aliphatic heterocycles. The van der Waals surface area contributed by atoms with E-state index < -0.39 is 0 Å². The van der Waals surface area contributed by atoms with E-state index in [1.54, 1.807) is 23.9 Å². The Labute approximate surface area is 145 Å². The van der Waals surface area contributed by atoms with E-state index in [-0.39, 0.29) is 17.0 Å². The monoisotopic (exact) mass is 347 g/mol. The number of ether oxygens (including phenoxy) is 1. The van der Waals surface area contributed by atoms with Crippen molar-refractivity contribution in [2.24, 2.45) is 5.16 Å². The van der Waals surface area contributed by atoms with Gasteiger partial charge >= 0.3 is 5.97 Å². The van der Waals surface area contributed by atoms with Crippen LogP contribution in [0.5, 0.6) is 5.75 Å². The van der Waals surface area contributed by atoms with Crippen LogP contribution in [0.15, 0.2) is 46.4 Å². The molecule has 2 rings (SSSR count). The zero-order valence-electron chi connectivity index (χ0n) is 14.0. The Morgan fingerprint density at radius 3 is 2.62 bits per heavy atom. The quantitative estimate of drug-likeness (QED) is 0.355. The van der Waals surface area contributed by atoms with Crippen molar-refractivity contribution in [1.82, 2.24) is 0 Å². The lowest BCUT2D eigenvalue weighted by atomic mass is 10.1. The lowest BCUT2D eigenvalue weighted by Crippen LogP contribution is -2.16. The van der Waals surface area contributed by atoms with Crippen molar-refractivity contribution >= 4 is 34.2 Å². The van der Waals surface area contributed by atoms with Crippen LogP contribution in [0, 0.1) is 0 Å². The number of hydrogen-bond acceptors (Lipinski definition) is 6. The predicted molar refractivity (Wildman–Crippen MR) is 96.6 cm³/mol. The van der Waals surface area contributed by atoms with Crippen molar-refractivity contribution in [2.75, 3.05) is 14.2 Å². The molecule has 0 aliphatic rings. The number of aromatic hydroxyl groups is 1. The first-order chi connectivity index (χ1) is 11.5. The van der Waals surface area contributed by atoms with Gasteiger partial charge in [-0.25, -0.2) is 0 Å². The lowest BCUT2D eigenvalue weighted by molar-refractivity contribution is -0.140. The molecular formula is C18H21NO4S. The molecule has 24 heavy (non-hydrogen) atoms. The molecule has 128 valence electrons. The van der Waals surface area contributed by atoms with Crippen LogP contribution in [0.25, 0.3) is 10.8 Å². The SMILES string of the molecule is CON=C(C)C(CCC(=O)OC)Sc1ccc2cc(O)ccc2c1. The van der Waals surface area contributed by atoms with Crippen molar-refractivity contribution in [3.63, 3.8) is 0 Å². The molecule has 5 nitrogen and oxygen atoms in total. The van der Waals surface area contributed by atoms with Gasteiger partial charge in [0.15, 0.2) is 0 Å². The summed E-state index contributed by atoms with van der Waals surface area (Å²) in [6.45, 7) is 1.89. The number of rotatable bonds is 7. The first-order valence-corrected chi connectivity index (χ1v) is 8.45. The smallest absolute Gasteiger partial charge is 0.305 e. The number of oxime groups is 1. The summed E-state index contributed by atoms with van der Waals surface area (Å²) in [7, 11) is 2.90. The summed E-state index contributed by atoms with van der Waals surface area (Å²) in [6.07, 6.45) is 0.940. The summed E-state index contributed by atoms with van der Waals surface area (Å²) in [5.74, 6) is 0.0155. The number of phenols is 1. The maximum Gasteiger partial charge on any atom is 0.305 e. The van der Waals surface area contributed by atoms with Crippen LogP contribution in [0.1, 0.15) is 19.8 Å². The second kappa shape index (κ2) is 8.59. The van der Waals surface area contributed by atoms with Crippen LogP contribution in [-0.2, 0) is 14.4 Å². The minimum atomic E-state index is -0.236. The fourth-order valence-corrected chi connectivity index (χ4v) is 3.48. The van der Waals surface area contributed by atoms with Gasteiger partial charge in [0.25, 0.3) is 0 Å². The fraction of sp³-hybridized carbons (Fsp3) is 0.333. The Morgan fingerprint density at radius 2 is 1.92 bits per heavy atom. The summed E-state index contributed by atoms with van der Waals surface area (Å²) in [6, 6.07) is 11.3. The molecule has 0 aliphatic carbocycles. The predicted octanol–water partition coefficient (Wildman–Crippen LogP) is 3.98. The minimum Gasteiger partial charge on any atom is -0.508 e. The molecule has 0 heterocycles. The largest absolute Gasteiger partial charge is 0.508 e. The Balaban J connectivity index is 2.19. The van der Waals surface area contributed by atoms with Gasteiger partial charge in [0, 0.05) is 11.3 Å². The third kappa shape index (κ3) is 4.89. The topological polar surface area (TPSA) is 68.1 Å². The Bertz CT molecular complexity index is 745. The van der Waals surface area contributed by atoms with E-state index in [0.29, 0.717) is 12.8 Å². The second-order valence-corrected chi connectivity index (χ2v) is 6.61. The molecule has 1 unspecified atom stereocenters. The third-order valence-electron chi connectivity index (χ3n) is 3.61. The first-order valence-electron chi connectivity index (χ1n) is 7.57. The van der Waals surface area contributed by atoms with Crippen molar-refractivity contribution in [3.8, 4) is 5.75 Å². The molecule has 0 spiro atoms. The molecule has 0 fully saturated rings. The fourth-order valence-electron chi connectivity index (χ4n) is 2.36. The van der Waals surface area contributed by atoms with Gasteiger partial charge in [0.2, 0.25) is 0 Å². The zero-order chi connectivity index (χ0) is 17.5. The first kappa shape index (κ1) is 18.1. The number of benzene rings is 2. The number of methoxy groups -OCH3 is 1. The van der Waals surface area contributed by atoms with E-state index in [2.05, 4.69) is 11.2 Å². The number of esters is 1. The van der Waals surface area contributed by atoms with E-state index in [9.17, 15) is 9.90 Å². The van der Waals surface area contributed by atoms with Gasteiger partial charge < -0.3 is 14.7 Å². The summed E-state index contributed by atoms with van der Waals surface area (Å²) >= 11 is 1.63. The van der Waals surface area contributed by atoms with Crippen molar-refractivity contribution in [3.05, 3.63) is 36.4 Å². The molecule has 0 saturated heterocycles. The number of carbonyl (C=O) groups excluding carboxylic acids is 1. The highest BCUT2D eigenvalue weighted by molar-refractivity contribution is 8.00. The van der Waals surface area contributed by atoms with E-state index >= 15 is 0 Å². The average Bonchev–Trinajstić information content (AvgIpc) is 2.58. The average molecular weight is 347 g/mol. The van der Waals surface area contributed by atoms with Crippen molar-refractivity contribution < 1.29 is 19.5 Å². The van der Waals surface area contributed by atoms with E-state index in [1.165, 1.54) is 14.2 Å². The molecule has 2 aromatic rings. The highest BCUT2D eigenvalue weighted by Gasteiger charge is 2.17. The Kier molecular flexibility index (Phi) is 6.49. The van der Waals surface area contributed by atoms with Gasteiger partial charge in [-0.15, -0.1) is 11.8 Å². The molecule has 0 amide bonds. The molecule has 2 aromatic carbocycles. The lowest BCUT2D eigenvalue weighted by Gasteiger charge is -2.16. The molecule has 0 bridgehead atoms. The maximum atomic E-state index is 11.4. The highest BCUT2D eigenvalue weighted by atomic mass is 32.2. The van der Waals surface area contributed by atoms with Gasteiger partial charge in [-0.1, -0.05) is 17.3 Å². The standard InChI is InChI=1S/C18H21NO4S/c1-12(19-23-3)17(8-9-18(21)22-2)24-16-7-5-13-10-15(20)6-4-14(13)11-16/h4-7,10-11,17,20H,8-9H2,1-3H3. The van der Waals surface area contributed by atoms with Crippen LogP contribution < -0.4 is 0 Å². The summed E-state index contributed by atoms with van der Waals surface area (Å²) in [4.78, 5) is 17.4. The van der Waals surface area contributed by atoms with Crippen LogP contribution in [0.2, 0.25) is 0 Å². The van der Waals surface area contributed by atoms with Crippen LogP contribution in [0.3, 0.4) is 0 Å². The molecule has 0 radical (unpaired) electrons. The number of hydrogen-bond donors (Lipinski definition) is 1. The molecule has 0 saturated carbocycles. The van der Waals surface area contributed by atoms with Crippen molar-refractivity contribution in [2.45, 2.75) is 29.9 Å². The Hall–Kier alpha value is -2.21. The van der Waals surface area contributed by atoms with E-state index in [1.807, 2.05) is 25.1 Å². The number of carbonyl (C=O) groups is 1. The Morgan fingerprint density at radius 1 is 1.21 bits per heavy atom. The van der Waals surface area contributed by atoms with E-state index in [0.717, 1.165) is 21.4 Å². The zero-order valence-corrected chi connectivity index (χ0v) is 14.8. The van der Waals surface area contributed by atoms with Crippen molar-refractivity contribution in [1.29, 1.82) is 0 Å². The van der Waals surface area contributed by atoms with Gasteiger partial charge in [0.05, 0.1) is 18.1 Å². The van der Waals surface area contributed by atoms with Gasteiger partial charge in [-0.05, 0) is 48.4 Å². The maximum absolute atomic E-state index is 11.4. The van der Waals surface area contributed by atoms with Crippen LogP contribution in [-0.4, -0.2) is 36.3 Å². The molecule has 1 atom stereocenters. The molecule has 6 heteroatoms. The van der Waals surface area contributed by atoms with Crippen LogP contribution >= 0.6 is 11.8 Å². The molecule has 1 N–H and O–H groups in total. The van der Waals surface area contributed by atoms with Gasteiger partial charge in [0.1, 0.15) is 12.9 Å². The minimum absolute atomic E-state index is 0.0126. The van der Waals surface area contributed by atoms with E-state index in [4.69, 9.17) is 9.57 Å². The highest BCUT2D eigenvalue weighted by Crippen LogP contribution is 2.31. The van der Waals surface area contributed by atoms with Crippen LogP contribution in [0.4, 0.5) is 0 Å². The molecule has 0 aromatic heterocycles. The summed E-state index contributed by atoms with van der Waals surface area (Å²) in [5.41, 5.74) is 0.817. The van der Waals surface area contributed by atoms with Gasteiger partial charge in [-0.2, -0.15) is 0 Å².